The molecule has 2 aromatic heterocycles. The first-order valence-electron chi connectivity index (χ1n) is 10.0. The number of aromatic amines is 1. The second kappa shape index (κ2) is 8.74. The van der Waals surface area contributed by atoms with Gasteiger partial charge in [-0.2, -0.15) is 0 Å². The number of H-pyrrole nitrogens is 1. The van der Waals surface area contributed by atoms with Crippen LogP contribution < -0.4 is 15.0 Å². The third-order valence-electron chi connectivity index (χ3n) is 5.41. The molecule has 0 unspecified atom stereocenters. The van der Waals surface area contributed by atoms with Crippen molar-refractivity contribution in [2.45, 2.75) is 20.3 Å². The van der Waals surface area contributed by atoms with Crippen LogP contribution in [0.1, 0.15) is 23.1 Å². The summed E-state index contributed by atoms with van der Waals surface area (Å²) in [6.45, 7) is 3.78. The lowest BCUT2D eigenvalue weighted by Crippen LogP contribution is -2.17. The topological polar surface area (TPSA) is 69.1 Å². The van der Waals surface area contributed by atoms with E-state index in [0.29, 0.717) is 22.7 Å². The molecule has 0 aliphatic carbocycles. The molecule has 170 valence electrons. The minimum atomic E-state index is -2.90. The van der Waals surface area contributed by atoms with E-state index in [4.69, 9.17) is 21.7 Å². The summed E-state index contributed by atoms with van der Waals surface area (Å²) in [6, 6.07) is 11.9. The zero-order chi connectivity index (χ0) is 23.9. The molecule has 6 nitrogen and oxygen atoms in total. The van der Waals surface area contributed by atoms with Gasteiger partial charge in [0.05, 0.1) is 31.0 Å². The number of rotatable bonds is 5. The average Bonchev–Trinajstić information content (AvgIpc) is 2.79. The van der Waals surface area contributed by atoms with Gasteiger partial charge < -0.3 is 9.47 Å². The van der Waals surface area contributed by atoms with Crippen molar-refractivity contribution in [2.75, 3.05) is 14.2 Å². The molecule has 0 saturated carbocycles. The SMILES string of the molecule is COc1ccc(-c2cc(C(F)F)c3c(=O)[nH]c(=S)n(-c4cc(C)ccc4C)c3n2)cc1OC. The van der Waals surface area contributed by atoms with Crippen molar-refractivity contribution in [3.8, 4) is 28.4 Å². The predicted octanol–water partition coefficient (Wildman–Crippen LogP) is 5.68. The van der Waals surface area contributed by atoms with Crippen molar-refractivity contribution in [1.82, 2.24) is 14.5 Å². The van der Waals surface area contributed by atoms with Crippen molar-refractivity contribution < 1.29 is 18.3 Å². The summed E-state index contributed by atoms with van der Waals surface area (Å²) in [5, 5.41) is -0.205. The molecule has 9 heteroatoms. The third-order valence-corrected chi connectivity index (χ3v) is 5.70. The highest BCUT2D eigenvalue weighted by Crippen LogP contribution is 2.35. The first kappa shape index (κ1) is 22.6. The number of halogens is 2. The number of nitrogens with zero attached hydrogens (tertiary/aromatic N) is 2. The summed E-state index contributed by atoms with van der Waals surface area (Å²) >= 11 is 5.44. The number of pyridine rings is 1. The van der Waals surface area contributed by atoms with Gasteiger partial charge in [0.2, 0.25) is 0 Å². The van der Waals surface area contributed by atoms with Crippen LogP contribution in [0.5, 0.6) is 11.5 Å². The predicted molar refractivity (Wildman–Crippen MR) is 125 cm³/mol. The van der Waals surface area contributed by atoms with E-state index in [1.165, 1.54) is 24.9 Å². The van der Waals surface area contributed by atoms with Crippen LogP contribution in [-0.4, -0.2) is 28.8 Å². The Bertz CT molecular complexity index is 1500. The first-order valence-corrected chi connectivity index (χ1v) is 10.4. The Morgan fingerprint density at radius 3 is 2.42 bits per heavy atom. The van der Waals surface area contributed by atoms with E-state index in [1.807, 2.05) is 32.0 Å². The monoisotopic (exact) mass is 469 g/mol. The number of ether oxygens (including phenoxy) is 2. The van der Waals surface area contributed by atoms with Gasteiger partial charge in [-0.3, -0.25) is 14.3 Å². The minimum absolute atomic E-state index is 0.0556. The zero-order valence-electron chi connectivity index (χ0n) is 18.4. The fraction of sp³-hybridized carbons (Fsp3) is 0.208. The van der Waals surface area contributed by atoms with Gasteiger partial charge in [-0.15, -0.1) is 0 Å². The number of aryl methyl sites for hydroxylation is 2. The number of alkyl halides is 2. The molecule has 0 aliphatic heterocycles. The second-order valence-electron chi connectivity index (χ2n) is 7.55. The van der Waals surface area contributed by atoms with Crippen molar-refractivity contribution in [3.05, 3.63) is 74.3 Å². The highest BCUT2D eigenvalue weighted by molar-refractivity contribution is 7.71. The van der Waals surface area contributed by atoms with Crippen LogP contribution in [0.4, 0.5) is 8.78 Å². The van der Waals surface area contributed by atoms with Gasteiger partial charge in [0.1, 0.15) is 0 Å². The van der Waals surface area contributed by atoms with E-state index in [0.717, 1.165) is 11.1 Å². The van der Waals surface area contributed by atoms with Crippen molar-refractivity contribution in [2.24, 2.45) is 0 Å². The third kappa shape index (κ3) is 4.00. The standard InChI is InChI=1S/C24H21F2N3O3S/c1-12-5-6-13(2)17(9-12)29-22-20(23(30)28-24(29)33)15(21(25)26)11-16(27-22)14-7-8-18(31-3)19(10-14)32-4/h5-11,21H,1-4H3,(H,28,30,33). The Morgan fingerprint density at radius 1 is 1.03 bits per heavy atom. The molecule has 2 aromatic carbocycles. The molecule has 0 amide bonds. The Hall–Kier alpha value is -3.59. The van der Waals surface area contributed by atoms with E-state index in [1.54, 1.807) is 18.2 Å². The Kier molecular flexibility index (Phi) is 5.99. The fourth-order valence-electron chi connectivity index (χ4n) is 3.76. The average molecular weight is 470 g/mol. The molecule has 0 fully saturated rings. The lowest BCUT2D eigenvalue weighted by molar-refractivity contribution is 0.153. The lowest BCUT2D eigenvalue weighted by atomic mass is 10.1. The number of hydrogen-bond acceptors (Lipinski definition) is 5. The Morgan fingerprint density at radius 2 is 1.76 bits per heavy atom. The normalized spacial score (nSPS) is 11.2. The second-order valence-corrected chi connectivity index (χ2v) is 7.94. The molecule has 4 aromatic rings. The maximum absolute atomic E-state index is 14.2. The van der Waals surface area contributed by atoms with E-state index in [2.05, 4.69) is 9.97 Å². The summed E-state index contributed by atoms with van der Waals surface area (Å²) in [5.41, 5.74) is 2.13. The quantitative estimate of drug-likeness (QED) is 0.381. The van der Waals surface area contributed by atoms with Crippen LogP contribution >= 0.6 is 12.2 Å². The van der Waals surface area contributed by atoms with E-state index in [-0.39, 0.29) is 21.5 Å². The van der Waals surface area contributed by atoms with Gasteiger partial charge in [-0.1, -0.05) is 12.1 Å². The van der Waals surface area contributed by atoms with Crippen LogP contribution in [0.2, 0.25) is 0 Å². The fourth-order valence-corrected chi connectivity index (χ4v) is 4.03. The Balaban J connectivity index is 2.14. The van der Waals surface area contributed by atoms with Gasteiger partial charge in [-0.05, 0) is 67.5 Å². The van der Waals surface area contributed by atoms with Gasteiger partial charge in [0.25, 0.3) is 12.0 Å². The highest BCUT2D eigenvalue weighted by Gasteiger charge is 2.22. The highest BCUT2D eigenvalue weighted by atomic mass is 32.1. The largest absolute Gasteiger partial charge is 0.493 e. The van der Waals surface area contributed by atoms with Gasteiger partial charge in [-0.25, -0.2) is 13.8 Å². The molecule has 0 atom stereocenters. The molecule has 33 heavy (non-hydrogen) atoms. The molecule has 0 saturated heterocycles. The Labute approximate surface area is 193 Å². The molecular weight excluding hydrogens is 448 g/mol. The molecule has 0 spiro atoms. The summed E-state index contributed by atoms with van der Waals surface area (Å²) in [4.78, 5) is 19.9. The first-order chi connectivity index (χ1) is 15.7. The lowest BCUT2D eigenvalue weighted by Gasteiger charge is -2.17. The van der Waals surface area contributed by atoms with Gasteiger partial charge in [0.15, 0.2) is 21.9 Å². The number of hydrogen-bond donors (Lipinski definition) is 1. The van der Waals surface area contributed by atoms with Crippen molar-refractivity contribution >= 4 is 23.3 Å². The summed E-state index contributed by atoms with van der Waals surface area (Å²) < 4.78 is 40.5. The summed E-state index contributed by atoms with van der Waals surface area (Å²) in [5.74, 6) is 0.915. The van der Waals surface area contributed by atoms with Crippen LogP contribution in [-0.2, 0) is 0 Å². The van der Waals surface area contributed by atoms with Crippen LogP contribution in [0.15, 0.2) is 47.3 Å². The van der Waals surface area contributed by atoms with Crippen molar-refractivity contribution in [1.29, 1.82) is 0 Å². The summed E-state index contributed by atoms with van der Waals surface area (Å²) in [6.07, 6.45) is -2.90. The minimum Gasteiger partial charge on any atom is -0.493 e. The number of methoxy groups -OCH3 is 2. The molecule has 1 N–H and O–H groups in total. The maximum atomic E-state index is 14.2. The molecule has 0 radical (unpaired) electrons. The maximum Gasteiger partial charge on any atom is 0.264 e. The molecular formula is C24H21F2N3O3S. The number of aromatic nitrogens is 3. The van der Waals surface area contributed by atoms with E-state index >= 15 is 0 Å². The molecule has 0 aliphatic rings. The summed E-state index contributed by atoms with van der Waals surface area (Å²) in [7, 11) is 2.99. The van der Waals surface area contributed by atoms with Crippen LogP contribution in [0.3, 0.4) is 0 Å². The molecule has 0 bridgehead atoms. The smallest absolute Gasteiger partial charge is 0.264 e. The van der Waals surface area contributed by atoms with E-state index < -0.39 is 17.5 Å². The molecule has 2 heterocycles. The number of benzene rings is 2. The van der Waals surface area contributed by atoms with E-state index in [9.17, 15) is 13.6 Å². The van der Waals surface area contributed by atoms with Crippen LogP contribution in [0.25, 0.3) is 28.0 Å². The van der Waals surface area contributed by atoms with Gasteiger partial charge >= 0.3 is 0 Å². The zero-order valence-corrected chi connectivity index (χ0v) is 19.2. The van der Waals surface area contributed by atoms with Crippen LogP contribution in [0, 0.1) is 18.6 Å². The number of fused-ring (bicyclic) bond motifs is 1. The van der Waals surface area contributed by atoms with Gasteiger partial charge in [0, 0.05) is 11.1 Å². The number of nitrogens with one attached hydrogen (secondary N) is 1. The van der Waals surface area contributed by atoms with Crippen molar-refractivity contribution in [3.63, 3.8) is 0 Å². The molecule has 4 rings (SSSR count).